The Morgan fingerprint density at radius 1 is 1.13 bits per heavy atom. The number of hydrogen-bond acceptors (Lipinski definition) is 3. The van der Waals surface area contributed by atoms with E-state index in [2.05, 4.69) is 31.9 Å². The fourth-order valence-corrected chi connectivity index (χ4v) is 12.1. The maximum Gasteiger partial charge on any atom is 0.0793 e. The standard InChI is InChI=1S/C28H41NO2/c1-16-10-23-24(29(3)14-16)22-13-27-15-26(27)12-21-19(20(26)7-9-28(22,27)31-23)5-4-17-11-18(30)6-8-25(17,21)2/h4,16,18-24,30H,5-15H2,1-3H3/t16-,18-,19?,20-,21-,22+,23+,24-,25-,26?,27?,28+/m0/s1. The minimum Gasteiger partial charge on any atom is -0.393 e. The molecule has 8 aliphatic rings. The zero-order chi connectivity index (χ0) is 21.0. The molecule has 31 heavy (non-hydrogen) atoms. The Kier molecular flexibility index (Phi) is 3.35. The van der Waals surface area contributed by atoms with Crippen LogP contribution in [0.1, 0.15) is 78.1 Å². The van der Waals surface area contributed by atoms with Crippen molar-refractivity contribution in [3.05, 3.63) is 11.6 Å². The van der Waals surface area contributed by atoms with Gasteiger partial charge in [0.1, 0.15) is 0 Å². The van der Waals surface area contributed by atoms with Crippen LogP contribution in [0.3, 0.4) is 0 Å². The Morgan fingerprint density at radius 2 is 2.00 bits per heavy atom. The molecule has 170 valence electrons. The Labute approximate surface area is 188 Å². The zero-order valence-corrected chi connectivity index (χ0v) is 19.8. The minimum absolute atomic E-state index is 0.0877. The molecule has 2 aliphatic heterocycles. The summed E-state index contributed by atoms with van der Waals surface area (Å²) in [5.41, 5.74) is 3.38. The second-order valence-corrected chi connectivity index (χ2v) is 13.9. The second kappa shape index (κ2) is 5.47. The molecule has 0 bridgehead atoms. The molecule has 1 N–H and O–H groups in total. The summed E-state index contributed by atoms with van der Waals surface area (Å²) >= 11 is 0. The SMILES string of the molecule is C[C@H]1C[C@H]2O[C@@]34CC[C@H]5C6CC=C7C[C@@H](O)CC[C@]7(C)[C@H]6CC56CC63C[C@@H]4[C@@H]2N(C)C1. The number of nitrogens with zero attached hydrogens (tertiary/aromatic N) is 1. The molecule has 3 spiro atoms. The van der Waals surface area contributed by atoms with Crippen LogP contribution < -0.4 is 0 Å². The molecule has 6 aliphatic carbocycles. The topological polar surface area (TPSA) is 32.7 Å². The lowest BCUT2D eigenvalue weighted by atomic mass is 9.47. The number of likely N-dealkylation sites (N-methyl/N-ethyl adjacent to an activating group) is 1. The lowest BCUT2D eigenvalue weighted by Crippen LogP contribution is -2.64. The highest BCUT2D eigenvalue weighted by Gasteiger charge is 2.91. The second-order valence-electron chi connectivity index (χ2n) is 13.9. The fraction of sp³-hybridized carbons (Fsp3) is 0.929. The largest absolute Gasteiger partial charge is 0.393 e. The summed E-state index contributed by atoms with van der Waals surface area (Å²) < 4.78 is 7.26. The first-order valence-electron chi connectivity index (χ1n) is 13.6. The van der Waals surface area contributed by atoms with Crippen molar-refractivity contribution in [2.24, 2.45) is 45.8 Å². The molecule has 7 fully saturated rings. The predicted molar refractivity (Wildman–Crippen MR) is 120 cm³/mol. The molecule has 2 saturated heterocycles. The van der Waals surface area contributed by atoms with Crippen LogP contribution in [0.4, 0.5) is 0 Å². The molecular formula is C28H41NO2. The van der Waals surface area contributed by atoms with Gasteiger partial charge in [0.05, 0.1) is 17.8 Å². The molecule has 0 radical (unpaired) electrons. The Hall–Kier alpha value is -0.380. The zero-order valence-electron chi connectivity index (χ0n) is 19.8. The van der Waals surface area contributed by atoms with Crippen molar-refractivity contribution in [2.45, 2.75) is 102 Å². The minimum atomic E-state index is -0.0877. The molecule has 0 amide bonds. The van der Waals surface area contributed by atoms with Crippen LogP contribution in [-0.2, 0) is 4.74 Å². The lowest BCUT2D eigenvalue weighted by Gasteiger charge is -2.60. The molecule has 3 unspecified atom stereocenters. The van der Waals surface area contributed by atoms with Crippen molar-refractivity contribution < 1.29 is 9.84 Å². The number of rotatable bonds is 0. The number of likely N-dealkylation sites (tertiary alicyclic amines) is 1. The van der Waals surface area contributed by atoms with Gasteiger partial charge in [0, 0.05) is 23.9 Å². The normalized spacial score (nSPS) is 65.7. The number of ether oxygens (including phenoxy) is 1. The van der Waals surface area contributed by atoms with Gasteiger partial charge in [-0.3, -0.25) is 0 Å². The first-order valence-corrected chi connectivity index (χ1v) is 13.6. The lowest BCUT2D eigenvalue weighted by molar-refractivity contribution is -0.211. The van der Waals surface area contributed by atoms with E-state index in [-0.39, 0.29) is 11.7 Å². The summed E-state index contributed by atoms with van der Waals surface area (Å²) in [6.45, 7) is 6.27. The molecule has 0 aromatic heterocycles. The van der Waals surface area contributed by atoms with Gasteiger partial charge in [0.2, 0.25) is 0 Å². The molecule has 0 aromatic rings. The summed E-state index contributed by atoms with van der Waals surface area (Å²) in [5.74, 6) is 4.32. The van der Waals surface area contributed by atoms with Crippen molar-refractivity contribution in [1.82, 2.24) is 4.90 Å². The van der Waals surface area contributed by atoms with Crippen LogP contribution in [-0.4, -0.2) is 47.4 Å². The van der Waals surface area contributed by atoms with E-state index in [9.17, 15) is 5.11 Å². The number of piperidine rings is 1. The number of hydrogen-bond donors (Lipinski definition) is 1. The fourth-order valence-electron chi connectivity index (χ4n) is 12.1. The van der Waals surface area contributed by atoms with E-state index in [1.807, 2.05) is 0 Å². The summed E-state index contributed by atoms with van der Waals surface area (Å²) in [5, 5.41) is 10.3. The van der Waals surface area contributed by atoms with E-state index in [0.717, 1.165) is 42.4 Å². The van der Waals surface area contributed by atoms with Crippen LogP contribution in [0.25, 0.3) is 0 Å². The first-order chi connectivity index (χ1) is 14.8. The maximum absolute atomic E-state index is 10.3. The van der Waals surface area contributed by atoms with Crippen LogP contribution in [0, 0.1) is 45.8 Å². The smallest absolute Gasteiger partial charge is 0.0793 e. The van der Waals surface area contributed by atoms with E-state index in [0.29, 0.717) is 28.4 Å². The predicted octanol–water partition coefficient (Wildman–Crippen LogP) is 4.79. The number of aliphatic hydroxyl groups is 1. The van der Waals surface area contributed by atoms with Gasteiger partial charge in [-0.2, -0.15) is 0 Å². The summed E-state index contributed by atoms with van der Waals surface area (Å²) in [7, 11) is 2.38. The number of allylic oxidation sites excluding steroid dienone is 1. The molecule has 2 heterocycles. The highest BCUT2D eigenvalue weighted by atomic mass is 16.5. The number of aliphatic hydroxyl groups excluding tert-OH is 1. The summed E-state index contributed by atoms with van der Waals surface area (Å²) in [4.78, 5) is 2.69. The molecule has 12 atom stereocenters. The molecule has 5 saturated carbocycles. The van der Waals surface area contributed by atoms with Gasteiger partial charge in [0.25, 0.3) is 0 Å². The maximum atomic E-state index is 10.3. The van der Waals surface area contributed by atoms with E-state index >= 15 is 0 Å². The third-order valence-electron chi connectivity index (χ3n) is 13.1. The van der Waals surface area contributed by atoms with Gasteiger partial charge in [-0.1, -0.05) is 25.5 Å². The molecule has 0 aromatic carbocycles. The van der Waals surface area contributed by atoms with E-state index in [1.54, 1.807) is 5.57 Å². The molecule has 3 heteroatoms. The average molecular weight is 424 g/mol. The summed E-state index contributed by atoms with van der Waals surface area (Å²) in [6, 6.07) is 0.699. The first kappa shape index (κ1) is 19.0. The summed E-state index contributed by atoms with van der Waals surface area (Å²) in [6.07, 6.45) is 16.0. The Balaban J connectivity index is 1.14. The monoisotopic (exact) mass is 423 g/mol. The third-order valence-corrected chi connectivity index (χ3v) is 13.1. The van der Waals surface area contributed by atoms with Gasteiger partial charge in [0.15, 0.2) is 0 Å². The van der Waals surface area contributed by atoms with Crippen LogP contribution in [0.15, 0.2) is 11.6 Å². The average Bonchev–Trinajstić information content (AvgIpc) is 3.19. The van der Waals surface area contributed by atoms with Crippen molar-refractivity contribution in [3.8, 4) is 0 Å². The van der Waals surface area contributed by atoms with E-state index < -0.39 is 0 Å². The van der Waals surface area contributed by atoms with Gasteiger partial charge in [-0.25, -0.2) is 0 Å². The van der Waals surface area contributed by atoms with Gasteiger partial charge < -0.3 is 14.7 Å². The molecule has 3 nitrogen and oxygen atoms in total. The molecule has 8 rings (SSSR count). The van der Waals surface area contributed by atoms with Crippen LogP contribution in [0.2, 0.25) is 0 Å². The van der Waals surface area contributed by atoms with Gasteiger partial charge >= 0.3 is 0 Å². The van der Waals surface area contributed by atoms with Crippen LogP contribution in [0.5, 0.6) is 0 Å². The van der Waals surface area contributed by atoms with Crippen molar-refractivity contribution in [1.29, 1.82) is 0 Å². The van der Waals surface area contributed by atoms with Crippen molar-refractivity contribution in [3.63, 3.8) is 0 Å². The Morgan fingerprint density at radius 3 is 2.87 bits per heavy atom. The van der Waals surface area contributed by atoms with Crippen LogP contribution >= 0.6 is 0 Å². The van der Waals surface area contributed by atoms with Gasteiger partial charge in [-0.05, 0) is 106 Å². The highest BCUT2D eigenvalue weighted by Crippen LogP contribution is 2.93. The van der Waals surface area contributed by atoms with E-state index in [1.165, 1.54) is 57.9 Å². The highest BCUT2D eigenvalue weighted by molar-refractivity contribution is 5.41. The third kappa shape index (κ3) is 1.88. The van der Waals surface area contributed by atoms with Gasteiger partial charge in [-0.15, -0.1) is 0 Å². The van der Waals surface area contributed by atoms with E-state index in [4.69, 9.17) is 4.74 Å². The quantitative estimate of drug-likeness (QED) is 0.569. The molecular weight excluding hydrogens is 382 g/mol. The Bertz CT molecular complexity index is 884. The van der Waals surface area contributed by atoms with Crippen molar-refractivity contribution >= 4 is 0 Å². The van der Waals surface area contributed by atoms with Crippen molar-refractivity contribution in [2.75, 3.05) is 13.6 Å². The number of fused-ring (bicyclic) bond motifs is 6.